The minimum Gasteiger partial charge on any atom is -0.329 e. The lowest BCUT2D eigenvalue weighted by Crippen LogP contribution is -2.48. The molecule has 3 atom stereocenters. The summed E-state index contributed by atoms with van der Waals surface area (Å²) in [4.78, 5) is 2.12. The first-order valence-corrected chi connectivity index (χ1v) is 8.14. The average molecular weight is 318 g/mol. The van der Waals surface area contributed by atoms with E-state index in [2.05, 4.69) is 18.7 Å². The second kappa shape index (κ2) is 6.58. The lowest BCUT2D eigenvalue weighted by Gasteiger charge is -2.43. The maximum atomic E-state index is 13.2. The third-order valence-corrected chi connectivity index (χ3v) is 5.52. The normalized spacial score (nSPS) is 25.8. The summed E-state index contributed by atoms with van der Waals surface area (Å²) in [5.41, 5.74) is 5.56. The summed E-state index contributed by atoms with van der Waals surface area (Å²) >= 11 is 1.86. The molecule has 1 heterocycles. The van der Waals surface area contributed by atoms with Crippen molar-refractivity contribution in [1.82, 2.24) is 4.90 Å². The highest BCUT2D eigenvalue weighted by atomic mass is 32.2. The van der Waals surface area contributed by atoms with Gasteiger partial charge >= 0.3 is 6.18 Å². The number of halogens is 3. The Morgan fingerprint density at radius 2 is 2.00 bits per heavy atom. The Morgan fingerprint density at radius 1 is 1.33 bits per heavy atom. The second-order valence-electron chi connectivity index (χ2n) is 5.39. The van der Waals surface area contributed by atoms with Gasteiger partial charge in [-0.2, -0.15) is 24.9 Å². The molecule has 6 heteroatoms. The first-order valence-electron chi connectivity index (χ1n) is 7.09. The molecule has 2 N–H and O–H groups in total. The SMILES string of the molecule is CC1SCCN(C(CN)c2ccccc2C(F)(F)F)C1C. The van der Waals surface area contributed by atoms with Gasteiger partial charge in [0.1, 0.15) is 0 Å². The number of hydrogen-bond acceptors (Lipinski definition) is 3. The van der Waals surface area contributed by atoms with Gasteiger partial charge in [0, 0.05) is 36.2 Å². The fourth-order valence-electron chi connectivity index (χ4n) is 2.88. The van der Waals surface area contributed by atoms with Gasteiger partial charge in [-0.05, 0) is 18.6 Å². The molecule has 0 spiro atoms. The molecule has 118 valence electrons. The van der Waals surface area contributed by atoms with Crippen molar-refractivity contribution in [2.75, 3.05) is 18.8 Å². The van der Waals surface area contributed by atoms with E-state index in [4.69, 9.17) is 5.73 Å². The highest BCUT2D eigenvalue weighted by molar-refractivity contribution is 8.00. The molecular weight excluding hydrogens is 297 g/mol. The highest BCUT2D eigenvalue weighted by Crippen LogP contribution is 2.38. The molecule has 21 heavy (non-hydrogen) atoms. The van der Waals surface area contributed by atoms with Crippen LogP contribution in [0.2, 0.25) is 0 Å². The van der Waals surface area contributed by atoms with Crippen LogP contribution in [0.3, 0.4) is 0 Å². The van der Waals surface area contributed by atoms with E-state index in [0.717, 1.165) is 18.4 Å². The molecule has 1 aromatic rings. The van der Waals surface area contributed by atoms with Crippen molar-refractivity contribution >= 4 is 11.8 Å². The monoisotopic (exact) mass is 318 g/mol. The van der Waals surface area contributed by atoms with Crippen LogP contribution in [-0.4, -0.2) is 35.0 Å². The predicted molar refractivity (Wildman–Crippen MR) is 81.3 cm³/mol. The van der Waals surface area contributed by atoms with Crippen LogP contribution in [0, 0.1) is 0 Å². The van der Waals surface area contributed by atoms with Gasteiger partial charge in [-0.25, -0.2) is 0 Å². The van der Waals surface area contributed by atoms with E-state index in [-0.39, 0.29) is 18.6 Å². The van der Waals surface area contributed by atoms with Gasteiger partial charge in [0.05, 0.1) is 5.56 Å². The lowest BCUT2D eigenvalue weighted by molar-refractivity contribution is -0.138. The van der Waals surface area contributed by atoms with Crippen LogP contribution in [0.1, 0.15) is 31.0 Å². The van der Waals surface area contributed by atoms with Crippen LogP contribution >= 0.6 is 11.8 Å². The zero-order valence-corrected chi connectivity index (χ0v) is 13.0. The molecule has 0 radical (unpaired) electrons. The molecule has 0 saturated carbocycles. The van der Waals surface area contributed by atoms with Crippen LogP contribution in [0.25, 0.3) is 0 Å². The van der Waals surface area contributed by atoms with Crippen molar-refractivity contribution in [2.45, 2.75) is 37.4 Å². The molecule has 2 nitrogen and oxygen atoms in total. The molecule has 0 aromatic heterocycles. The summed E-state index contributed by atoms with van der Waals surface area (Å²) in [5, 5.41) is 0.394. The molecule has 1 saturated heterocycles. The van der Waals surface area contributed by atoms with Gasteiger partial charge in [0.25, 0.3) is 0 Å². The standard InChI is InChI=1S/C15H21F3N2S/c1-10-11(2)21-8-7-20(10)14(9-19)12-5-3-4-6-13(12)15(16,17)18/h3-6,10-11,14H,7-9,19H2,1-2H3. The van der Waals surface area contributed by atoms with Crippen molar-refractivity contribution < 1.29 is 13.2 Å². The largest absolute Gasteiger partial charge is 0.416 e. The van der Waals surface area contributed by atoms with Crippen LogP contribution in [-0.2, 0) is 6.18 Å². The van der Waals surface area contributed by atoms with E-state index in [0.29, 0.717) is 10.8 Å². The third-order valence-electron chi connectivity index (χ3n) is 4.18. The van der Waals surface area contributed by atoms with Crippen LogP contribution < -0.4 is 5.73 Å². The Balaban J connectivity index is 2.38. The molecule has 2 rings (SSSR count). The first kappa shape index (κ1) is 16.6. The molecule has 3 unspecified atom stereocenters. The minimum absolute atomic E-state index is 0.189. The van der Waals surface area contributed by atoms with Gasteiger partial charge in [-0.15, -0.1) is 0 Å². The number of benzene rings is 1. The summed E-state index contributed by atoms with van der Waals surface area (Å²) in [6.07, 6.45) is -4.34. The van der Waals surface area contributed by atoms with Gasteiger partial charge < -0.3 is 5.73 Å². The van der Waals surface area contributed by atoms with Crippen molar-refractivity contribution in [3.05, 3.63) is 35.4 Å². The van der Waals surface area contributed by atoms with Crippen molar-refractivity contribution in [3.63, 3.8) is 0 Å². The van der Waals surface area contributed by atoms with E-state index in [9.17, 15) is 13.2 Å². The molecule has 0 bridgehead atoms. The minimum atomic E-state index is -4.34. The molecule has 1 aromatic carbocycles. The van der Waals surface area contributed by atoms with E-state index in [1.165, 1.54) is 6.07 Å². The van der Waals surface area contributed by atoms with Gasteiger partial charge in [-0.1, -0.05) is 25.1 Å². The summed E-state index contributed by atoms with van der Waals surface area (Å²) in [5.74, 6) is 0.927. The summed E-state index contributed by atoms with van der Waals surface area (Å²) in [7, 11) is 0. The Kier molecular flexibility index (Phi) is 5.22. The summed E-state index contributed by atoms with van der Waals surface area (Å²) in [6, 6.07) is 5.60. The predicted octanol–water partition coefficient (Wildman–Crippen LogP) is 3.53. The van der Waals surface area contributed by atoms with E-state index in [1.807, 2.05) is 11.8 Å². The molecule has 0 aliphatic carbocycles. The number of thioether (sulfide) groups is 1. The van der Waals surface area contributed by atoms with Gasteiger partial charge in [0.2, 0.25) is 0 Å². The number of hydrogen-bond donors (Lipinski definition) is 1. The van der Waals surface area contributed by atoms with Crippen molar-refractivity contribution in [2.24, 2.45) is 5.73 Å². The fraction of sp³-hybridized carbons (Fsp3) is 0.600. The topological polar surface area (TPSA) is 29.3 Å². The van der Waals surface area contributed by atoms with Gasteiger partial charge in [0.15, 0.2) is 0 Å². The quantitative estimate of drug-likeness (QED) is 0.924. The van der Waals surface area contributed by atoms with E-state index >= 15 is 0 Å². The third kappa shape index (κ3) is 3.55. The number of nitrogens with two attached hydrogens (primary N) is 1. The van der Waals surface area contributed by atoms with Gasteiger partial charge in [-0.3, -0.25) is 4.90 Å². The maximum absolute atomic E-state index is 13.2. The second-order valence-corrected chi connectivity index (χ2v) is 6.88. The summed E-state index contributed by atoms with van der Waals surface area (Å²) in [6.45, 7) is 5.14. The average Bonchev–Trinajstić information content (AvgIpc) is 2.44. The Morgan fingerprint density at radius 3 is 2.62 bits per heavy atom. The number of nitrogens with zero attached hydrogens (tertiary/aromatic N) is 1. The molecule has 1 aliphatic rings. The van der Waals surface area contributed by atoms with Crippen LogP contribution in [0.5, 0.6) is 0 Å². The fourth-order valence-corrected chi connectivity index (χ4v) is 4.01. The first-order chi connectivity index (χ1) is 9.86. The molecule has 0 amide bonds. The van der Waals surface area contributed by atoms with Crippen LogP contribution in [0.4, 0.5) is 13.2 Å². The molecule has 1 fully saturated rings. The smallest absolute Gasteiger partial charge is 0.329 e. The Labute approximate surface area is 127 Å². The number of alkyl halides is 3. The van der Waals surface area contributed by atoms with Crippen molar-refractivity contribution in [1.29, 1.82) is 0 Å². The van der Waals surface area contributed by atoms with E-state index in [1.54, 1.807) is 12.1 Å². The van der Waals surface area contributed by atoms with E-state index < -0.39 is 11.7 Å². The number of rotatable bonds is 3. The lowest BCUT2D eigenvalue weighted by atomic mass is 9.97. The summed E-state index contributed by atoms with van der Waals surface area (Å²) < 4.78 is 39.7. The Hall–Kier alpha value is -0.720. The zero-order chi connectivity index (χ0) is 15.6. The molecule has 1 aliphatic heterocycles. The van der Waals surface area contributed by atoms with Crippen molar-refractivity contribution in [3.8, 4) is 0 Å². The highest BCUT2D eigenvalue weighted by Gasteiger charge is 2.38. The maximum Gasteiger partial charge on any atom is 0.416 e. The zero-order valence-electron chi connectivity index (χ0n) is 12.2. The molecular formula is C15H21F3N2S. The van der Waals surface area contributed by atoms with Crippen LogP contribution in [0.15, 0.2) is 24.3 Å². The Bertz CT molecular complexity index is 478.